The number of aryl methyl sites for hydroxylation is 1. The van der Waals surface area contributed by atoms with E-state index in [-0.39, 0.29) is 33.7 Å². The van der Waals surface area contributed by atoms with E-state index in [2.05, 4.69) is 20.6 Å². The quantitative estimate of drug-likeness (QED) is 0.527. The van der Waals surface area contributed by atoms with Crippen LogP contribution < -0.4 is 10.1 Å². The molecule has 0 spiro atoms. The molecule has 3 aromatic rings. The number of ether oxygens (including phenoxy) is 1. The van der Waals surface area contributed by atoms with Crippen LogP contribution in [0.1, 0.15) is 34.8 Å². The third kappa shape index (κ3) is 4.86. The highest BCUT2D eigenvalue weighted by molar-refractivity contribution is 6.36. The molecule has 0 bridgehead atoms. The maximum atomic E-state index is 13.8. The van der Waals surface area contributed by atoms with Gasteiger partial charge in [-0.15, -0.1) is 5.10 Å². The summed E-state index contributed by atoms with van der Waals surface area (Å²) in [4.78, 5) is 12.5. The number of amides is 1. The number of hydrogen-bond donors (Lipinski definition) is 2. The van der Waals surface area contributed by atoms with Crippen molar-refractivity contribution in [2.24, 2.45) is 0 Å². The number of hydrogen-bond acceptors (Lipinski definition) is 6. The number of aliphatic hydroxyl groups is 1. The first-order valence-electron chi connectivity index (χ1n) is 8.89. The Morgan fingerprint density at radius 1 is 1.37 bits per heavy atom. The number of halogens is 3. The average Bonchev–Trinajstić information content (AvgIpc) is 3.14. The predicted octanol–water partition coefficient (Wildman–Crippen LogP) is 3.81. The topological polar surface area (TPSA) is 102 Å². The highest BCUT2D eigenvalue weighted by atomic mass is 35.5. The molecule has 0 aliphatic rings. The summed E-state index contributed by atoms with van der Waals surface area (Å²) in [5, 5.41) is 23.5. The van der Waals surface area contributed by atoms with Gasteiger partial charge in [0.25, 0.3) is 5.91 Å². The number of nitrogens with one attached hydrogen (secondary N) is 1. The SMILES string of the molecule is Cc1nnc(C(=O)Nc2cnn(CCO)c2)cc1OC(C)c1c(Cl)ccc(F)c1Cl. The van der Waals surface area contributed by atoms with Crippen molar-refractivity contribution < 1.29 is 19.0 Å². The van der Waals surface area contributed by atoms with Crippen molar-refractivity contribution in [3.63, 3.8) is 0 Å². The van der Waals surface area contributed by atoms with Crippen molar-refractivity contribution in [1.29, 1.82) is 0 Å². The molecule has 158 valence electrons. The molecule has 2 N–H and O–H groups in total. The van der Waals surface area contributed by atoms with Gasteiger partial charge in [0, 0.05) is 22.8 Å². The van der Waals surface area contributed by atoms with Gasteiger partial charge >= 0.3 is 0 Å². The van der Waals surface area contributed by atoms with Crippen LogP contribution >= 0.6 is 23.2 Å². The van der Waals surface area contributed by atoms with Gasteiger partial charge in [-0.25, -0.2) is 4.39 Å². The molecule has 8 nitrogen and oxygen atoms in total. The maximum Gasteiger partial charge on any atom is 0.276 e. The number of anilines is 1. The van der Waals surface area contributed by atoms with Crippen LogP contribution in [0.25, 0.3) is 0 Å². The van der Waals surface area contributed by atoms with Gasteiger partial charge in [-0.05, 0) is 26.0 Å². The molecular formula is C19H18Cl2FN5O3. The number of benzene rings is 1. The zero-order valence-corrected chi connectivity index (χ0v) is 17.6. The third-order valence-corrected chi connectivity index (χ3v) is 4.89. The van der Waals surface area contributed by atoms with Crippen molar-refractivity contribution in [2.75, 3.05) is 11.9 Å². The van der Waals surface area contributed by atoms with E-state index in [1.165, 1.54) is 29.1 Å². The van der Waals surface area contributed by atoms with Crippen molar-refractivity contribution in [3.8, 4) is 5.75 Å². The summed E-state index contributed by atoms with van der Waals surface area (Å²) in [6, 6.07) is 3.99. The largest absolute Gasteiger partial charge is 0.484 e. The number of aliphatic hydroxyl groups excluding tert-OH is 1. The lowest BCUT2D eigenvalue weighted by atomic mass is 10.1. The molecule has 0 radical (unpaired) electrons. The average molecular weight is 454 g/mol. The molecule has 0 aliphatic heterocycles. The molecule has 30 heavy (non-hydrogen) atoms. The molecule has 0 saturated carbocycles. The Kier molecular flexibility index (Phi) is 6.86. The maximum absolute atomic E-state index is 13.8. The van der Waals surface area contributed by atoms with E-state index in [1.807, 2.05) is 0 Å². The number of carbonyl (C=O) groups is 1. The minimum Gasteiger partial charge on any atom is -0.484 e. The summed E-state index contributed by atoms with van der Waals surface area (Å²) in [7, 11) is 0. The Bertz CT molecular complexity index is 1080. The molecule has 0 saturated heterocycles. The van der Waals surface area contributed by atoms with Gasteiger partial charge in [-0.1, -0.05) is 23.2 Å². The normalized spacial score (nSPS) is 11.9. The number of rotatable bonds is 7. The summed E-state index contributed by atoms with van der Waals surface area (Å²) in [6.45, 7) is 3.55. The molecule has 2 aromatic heterocycles. The lowest BCUT2D eigenvalue weighted by Crippen LogP contribution is -2.15. The minimum atomic E-state index is -0.712. The van der Waals surface area contributed by atoms with Gasteiger partial charge < -0.3 is 15.2 Å². The molecule has 0 aliphatic carbocycles. The standard InChI is InChI=1S/C19H18Cl2FN5O3/c1-10-16(30-11(2)17-13(20)3-4-14(22)18(17)21)7-15(26-25-10)19(29)24-12-8-23-27(9-12)5-6-28/h3-4,7-9,11,28H,5-6H2,1-2H3,(H,24,29). The molecule has 1 aromatic carbocycles. The fraction of sp³-hybridized carbons (Fsp3) is 0.263. The lowest BCUT2D eigenvalue weighted by molar-refractivity contribution is 0.102. The fourth-order valence-electron chi connectivity index (χ4n) is 2.68. The van der Waals surface area contributed by atoms with E-state index in [1.54, 1.807) is 20.0 Å². The second-order valence-corrected chi connectivity index (χ2v) is 7.15. The van der Waals surface area contributed by atoms with Crippen LogP contribution in [0.4, 0.5) is 10.1 Å². The van der Waals surface area contributed by atoms with E-state index in [9.17, 15) is 9.18 Å². The van der Waals surface area contributed by atoms with Gasteiger partial charge in [-0.2, -0.15) is 10.2 Å². The van der Waals surface area contributed by atoms with Gasteiger partial charge in [0.05, 0.1) is 30.1 Å². The predicted molar refractivity (Wildman–Crippen MR) is 109 cm³/mol. The molecule has 2 heterocycles. The Labute approximate surface area is 181 Å². The van der Waals surface area contributed by atoms with E-state index in [0.29, 0.717) is 17.9 Å². The number of nitrogens with zero attached hydrogens (tertiary/aromatic N) is 4. The third-order valence-electron chi connectivity index (χ3n) is 4.17. The molecule has 0 fully saturated rings. The smallest absolute Gasteiger partial charge is 0.276 e. The van der Waals surface area contributed by atoms with Crippen LogP contribution in [0.3, 0.4) is 0 Å². The Morgan fingerprint density at radius 3 is 2.87 bits per heavy atom. The lowest BCUT2D eigenvalue weighted by Gasteiger charge is -2.19. The zero-order valence-electron chi connectivity index (χ0n) is 16.1. The highest BCUT2D eigenvalue weighted by Crippen LogP contribution is 2.35. The van der Waals surface area contributed by atoms with Crippen molar-refractivity contribution in [1.82, 2.24) is 20.0 Å². The van der Waals surface area contributed by atoms with Crippen molar-refractivity contribution in [3.05, 3.63) is 63.4 Å². The van der Waals surface area contributed by atoms with Crippen LogP contribution in [-0.4, -0.2) is 37.6 Å². The van der Waals surface area contributed by atoms with Gasteiger partial charge in [-0.3, -0.25) is 9.48 Å². The van der Waals surface area contributed by atoms with Gasteiger partial charge in [0.2, 0.25) is 0 Å². The molecule has 11 heteroatoms. The second kappa shape index (κ2) is 9.38. The van der Waals surface area contributed by atoms with Gasteiger partial charge in [0.1, 0.15) is 23.4 Å². The molecule has 1 atom stereocenters. The van der Waals surface area contributed by atoms with E-state index in [0.717, 1.165) is 0 Å². The summed E-state index contributed by atoms with van der Waals surface area (Å²) in [5.74, 6) is -0.863. The second-order valence-electron chi connectivity index (χ2n) is 6.37. The molecule has 3 rings (SSSR count). The fourth-order valence-corrected chi connectivity index (χ4v) is 3.36. The summed E-state index contributed by atoms with van der Waals surface area (Å²) in [5.41, 5.74) is 1.16. The summed E-state index contributed by atoms with van der Waals surface area (Å²) in [6.07, 6.45) is 2.31. The monoisotopic (exact) mass is 453 g/mol. The van der Waals surface area contributed by atoms with E-state index in [4.69, 9.17) is 33.0 Å². The first-order valence-corrected chi connectivity index (χ1v) is 9.64. The first kappa shape index (κ1) is 21.9. The Morgan fingerprint density at radius 2 is 2.13 bits per heavy atom. The molecule has 1 amide bonds. The van der Waals surface area contributed by atoms with Crippen molar-refractivity contribution in [2.45, 2.75) is 26.5 Å². The number of aromatic nitrogens is 4. The summed E-state index contributed by atoms with van der Waals surface area (Å²) >= 11 is 12.2. The van der Waals surface area contributed by atoms with Crippen LogP contribution in [0, 0.1) is 12.7 Å². The zero-order chi connectivity index (χ0) is 21.8. The van der Waals surface area contributed by atoms with Gasteiger partial charge in [0.15, 0.2) is 5.69 Å². The Balaban J connectivity index is 1.79. The van der Waals surface area contributed by atoms with Crippen LogP contribution in [0.2, 0.25) is 10.0 Å². The highest BCUT2D eigenvalue weighted by Gasteiger charge is 2.21. The van der Waals surface area contributed by atoms with Crippen LogP contribution in [0.15, 0.2) is 30.6 Å². The van der Waals surface area contributed by atoms with Crippen LogP contribution in [-0.2, 0) is 6.54 Å². The summed E-state index contributed by atoms with van der Waals surface area (Å²) < 4.78 is 21.2. The van der Waals surface area contributed by atoms with E-state index < -0.39 is 17.8 Å². The first-order chi connectivity index (χ1) is 14.3. The Hall–Kier alpha value is -2.75. The molecule has 1 unspecified atom stereocenters. The van der Waals surface area contributed by atoms with E-state index >= 15 is 0 Å². The van der Waals surface area contributed by atoms with Crippen LogP contribution in [0.5, 0.6) is 5.75 Å². The minimum absolute atomic E-state index is 0.00847. The van der Waals surface area contributed by atoms with Crippen molar-refractivity contribution >= 4 is 34.8 Å². The number of carbonyl (C=O) groups excluding carboxylic acids is 1. The molecular weight excluding hydrogens is 436 g/mol.